The molecule has 0 radical (unpaired) electrons. The lowest BCUT2D eigenvalue weighted by Gasteiger charge is -2.29. The van der Waals surface area contributed by atoms with E-state index in [1.165, 1.54) is 12.8 Å². The third-order valence-corrected chi connectivity index (χ3v) is 4.78. The smallest absolute Gasteiger partial charge is 0.309 e. The molecule has 0 amide bonds. The van der Waals surface area contributed by atoms with Crippen LogP contribution in [0.1, 0.15) is 65.4 Å². The number of esters is 1. The van der Waals surface area contributed by atoms with Crippen LogP contribution in [-0.4, -0.2) is 12.1 Å². The maximum atomic E-state index is 12.3. The highest BCUT2D eigenvalue weighted by Gasteiger charge is 2.29. The van der Waals surface area contributed by atoms with E-state index in [2.05, 4.69) is 36.5 Å². The minimum absolute atomic E-state index is 0. The molecule has 2 aliphatic carbocycles. The van der Waals surface area contributed by atoms with E-state index >= 15 is 0 Å². The summed E-state index contributed by atoms with van der Waals surface area (Å²) >= 11 is 0. The van der Waals surface area contributed by atoms with E-state index in [-0.39, 0.29) is 25.1 Å². The Morgan fingerprint density at radius 3 is 2.32 bits per heavy atom. The minimum atomic E-state index is 0. The second-order valence-electron chi connectivity index (χ2n) is 6.53. The number of carbonyl (C=O) groups is 1. The van der Waals surface area contributed by atoms with Gasteiger partial charge in [-0.15, -0.1) is 6.42 Å². The number of hydrogen-bond acceptors (Lipinski definition) is 2. The van der Waals surface area contributed by atoms with Crippen LogP contribution in [0.25, 0.3) is 0 Å². The predicted octanol–water partition coefficient (Wildman–Crippen LogP) is 4.78. The van der Waals surface area contributed by atoms with Crippen molar-refractivity contribution in [2.24, 2.45) is 17.8 Å². The molecule has 2 rings (SSSR count). The van der Waals surface area contributed by atoms with Crippen LogP contribution in [0, 0.1) is 53.8 Å². The highest BCUT2D eigenvalue weighted by atomic mass is 16.5. The average Bonchev–Trinajstić information content (AvgIpc) is 2.54. The highest BCUT2D eigenvalue weighted by molar-refractivity contribution is 5.72. The zero-order valence-electron chi connectivity index (χ0n) is 13.4. The SMILES string of the molecule is C#CC#CC#CC1CCC(C(=O)OC2CCC(C)CC2)CC1.[HH].[HH].[HH].[HH].[HH]. The molecule has 2 saturated carbocycles. The van der Waals surface area contributed by atoms with E-state index in [1.54, 1.807) is 0 Å². The zero-order valence-corrected chi connectivity index (χ0v) is 13.4. The number of hydrogen-bond donors (Lipinski definition) is 0. The quantitative estimate of drug-likeness (QED) is 0.542. The molecule has 0 spiro atoms. The molecule has 2 nitrogen and oxygen atoms in total. The second-order valence-corrected chi connectivity index (χ2v) is 6.53. The fourth-order valence-corrected chi connectivity index (χ4v) is 3.29. The minimum Gasteiger partial charge on any atom is -0.462 e. The van der Waals surface area contributed by atoms with Gasteiger partial charge < -0.3 is 4.74 Å². The summed E-state index contributed by atoms with van der Waals surface area (Å²) in [6, 6.07) is 0. The first kappa shape index (κ1) is 16.5. The van der Waals surface area contributed by atoms with Gasteiger partial charge in [0, 0.05) is 13.1 Å². The Kier molecular flexibility index (Phi) is 6.43. The normalized spacial score (nSPS) is 30.7. The predicted molar refractivity (Wildman–Crippen MR) is 97.9 cm³/mol. The van der Waals surface area contributed by atoms with Gasteiger partial charge in [0.05, 0.1) is 5.92 Å². The van der Waals surface area contributed by atoms with Gasteiger partial charge in [0.1, 0.15) is 6.10 Å². The first-order chi connectivity index (χ1) is 10.7. The molecule has 0 atom stereocenters. The topological polar surface area (TPSA) is 26.3 Å². The summed E-state index contributed by atoms with van der Waals surface area (Å²) in [5, 5.41) is 0. The van der Waals surface area contributed by atoms with Gasteiger partial charge in [0.2, 0.25) is 0 Å². The van der Waals surface area contributed by atoms with Gasteiger partial charge in [-0.25, -0.2) is 0 Å². The first-order valence-electron chi connectivity index (χ1n) is 8.35. The van der Waals surface area contributed by atoms with Gasteiger partial charge >= 0.3 is 5.97 Å². The monoisotopic (exact) mass is 306 g/mol. The third kappa shape index (κ3) is 5.16. The number of terminal acetylenes is 1. The van der Waals surface area contributed by atoms with Gasteiger partial charge in [-0.1, -0.05) is 12.8 Å². The van der Waals surface area contributed by atoms with Crippen molar-refractivity contribution in [3.8, 4) is 36.0 Å². The molecule has 2 fully saturated rings. The van der Waals surface area contributed by atoms with Crippen LogP contribution in [-0.2, 0) is 9.53 Å². The summed E-state index contributed by atoms with van der Waals surface area (Å²) < 4.78 is 5.71. The van der Waals surface area contributed by atoms with Crippen molar-refractivity contribution in [2.45, 2.75) is 64.4 Å². The molecule has 2 aliphatic rings. The lowest BCUT2D eigenvalue weighted by atomic mass is 9.82. The summed E-state index contributed by atoms with van der Waals surface area (Å²) in [5.41, 5.74) is 0. The number of rotatable bonds is 2. The lowest BCUT2D eigenvalue weighted by Crippen LogP contribution is -2.29. The Balaban J connectivity index is -0.000000529. The molecule has 126 valence electrons. The molecule has 0 aliphatic heterocycles. The summed E-state index contributed by atoms with van der Waals surface area (Å²) in [4.78, 5) is 12.3. The largest absolute Gasteiger partial charge is 0.462 e. The summed E-state index contributed by atoms with van der Waals surface area (Å²) in [7, 11) is 0. The third-order valence-electron chi connectivity index (χ3n) is 4.78. The molecule has 0 bridgehead atoms. The van der Waals surface area contributed by atoms with Gasteiger partial charge in [0.15, 0.2) is 0 Å². The molecule has 22 heavy (non-hydrogen) atoms. The van der Waals surface area contributed by atoms with Crippen LogP contribution in [0.2, 0.25) is 0 Å². The molecule has 0 aromatic heterocycles. The van der Waals surface area contributed by atoms with E-state index in [4.69, 9.17) is 11.2 Å². The van der Waals surface area contributed by atoms with Crippen molar-refractivity contribution in [2.75, 3.05) is 0 Å². The summed E-state index contributed by atoms with van der Waals surface area (Å²) in [6.45, 7) is 2.27. The summed E-state index contributed by atoms with van der Waals surface area (Å²) in [5.74, 6) is 14.5. The average molecular weight is 306 g/mol. The Hall–Kier alpha value is -1.85. The zero-order chi connectivity index (χ0) is 15.8. The van der Waals surface area contributed by atoms with Crippen LogP contribution >= 0.6 is 0 Å². The molecule has 0 N–H and O–H groups in total. The standard InChI is InChI=1S/C20H24O2.5H2/c1-3-4-5-6-7-17-10-12-18(13-11-17)20(21)22-19-14-8-16(2)9-15-19;;;;;/h1,16-19H,8-15H2,2H3;5*1H. The van der Waals surface area contributed by atoms with E-state index in [0.29, 0.717) is 5.92 Å². The molecule has 0 heterocycles. The van der Waals surface area contributed by atoms with Crippen LogP contribution in [0.15, 0.2) is 0 Å². The van der Waals surface area contributed by atoms with Gasteiger partial charge in [-0.05, 0) is 81.0 Å². The molecule has 2 heteroatoms. The van der Waals surface area contributed by atoms with Crippen LogP contribution in [0.3, 0.4) is 0 Å². The van der Waals surface area contributed by atoms with Crippen LogP contribution in [0.5, 0.6) is 0 Å². The molecule has 0 aromatic carbocycles. The van der Waals surface area contributed by atoms with Crippen molar-refractivity contribution in [3.63, 3.8) is 0 Å². The lowest BCUT2D eigenvalue weighted by molar-refractivity contribution is -0.157. The van der Waals surface area contributed by atoms with Crippen molar-refractivity contribution in [1.29, 1.82) is 0 Å². The molecule has 0 unspecified atom stereocenters. The van der Waals surface area contributed by atoms with Crippen molar-refractivity contribution < 1.29 is 16.7 Å². The van der Waals surface area contributed by atoms with E-state index in [1.807, 2.05) is 0 Å². The first-order valence-corrected chi connectivity index (χ1v) is 8.35. The van der Waals surface area contributed by atoms with Crippen molar-refractivity contribution >= 4 is 5.97 Å². The Morgan fingerprint density at radius 2 is 1.68 bits per heavy atom. The van der Waals surface area contributed by atoms with Gasteiger partial charge in [0.25, 0.3) is 0 Å². The van der Waals surface area contributed by atoms with Crippen LogP contribution < -0.4 is 0 Å². The molecule has 0 saturated heterocycles. The van der Waals surface area contributed by atoms with E-state index < -0.39 is 0 Å². The summed E-state index contributed by atoms with van der Waals surface area (Å²) in [6.07, 6.45) is 13.3. The van der Waals surface area contributed by atoms with Crippen molar-refractivity contribution in [3.05, 3.63) is 0 Å². The van der Waals surface area contributed by atoms with E-state index in [0.717, 1.165) is 44.4 Å². The maximum Gasteiger partial charge on any atom is 0.309 e. The maximum absolute atomic E-state index is 12.3. The van der Waals surface area contributed by atoms with E-state index in [9.17, 15) is 4.79 Å². The molecule has 0 aromatic rings. The Labute approximate surface area is 141 Å². The van der Waals surface area contributed by atoms with Crippen LogP contribution in [0.4, 0.5) is 0 Å². The molecular formula is C20H34O2. The molecular weight excluding hydrogens is 272 g/mol. The highest BCUT2D eigenvalue weighted by Crippen LogP contribution is 2.31. The number of ether oxygens (including phenoxy) is 1. The Morgan fingerprint density at radius 1 is 1.00 bits per heavy atom. The van der Waals surface area contributed by atoms with Gasteiger partial charge in [-0.3, -0.25) is 4.79 Å². The van der Waals surface area contributed by atoms with Crippen molar-refractivity contribution in [1.82, 2.24) is 0 Å². The second kappa shape index (κ2) is 8.56. The fourth-order valence-electron chi connectivity index (χ4n) is 3.29. The number of carbonyl (C=O) groups excluding carboxylic acids is 1. The fraction of sp³-hybridized carbons (Fsp3) is 0.650. The Bertz CT molecular complexity index is 549. The van der Waals surface area contributed by atoms with Gasteiger partial charge in [-0.2, -0.15) is 0 Å².